The van der Waals surface area contributed by atoms with Crippen LogP contribution in [0.15, 0.2) is 30.9 Å². The molecule has 6 nitrogen and oxygen atoms in total. The number of hydrogen-bond acceptors (Lipinski definition) is 3. The average Bonchev–Trinajstić information content (AvgIpc) is 2.42. The molecule has 0 aliphatic carbocycles. The number of carboxylic acid groups (broad SMARTS) is 1. The minimum Gasteiger partial charge on any atom is -0.478 e. The molecule has 7 heteroatoms. The Balaban J connectivity index is 2.36. The first-order valence-corrected chi connectivity index (χ1v) is 6.31. The highest BCUT2D eigenvalue weighted by molar-refractivity contribution is 5.91. The monoisotopic (exact) mass is 296 g/mol. The van der Waals surface area contributed by atoms with Gasteiger partial charge < -0.3 is 20.5 Å². The van der Waals surface area contributed by atoms with Crippen molar-refractivity contribution in [2.24, 2.45) is 0 Å². The first-order chi connectivity index (χ1) is 10.0. The van der Waals surface area contributed by atoms with Crippen LogP contribution in [0.4, 0.5) is 14.9 Å². The summed E-state index contributed by atoms with van der Waals surface area (Å²) in [5.74, 6) is -2.27. The second-order valence-electron chi connectivity index (χ2n) is 4.07. The zero-order valence-electron chi connectivity index (χ0n) is 11.4. The van der Waals surface area contributed by atoms with Crippen LogP contribution in [0.2, 0.25) is 0 Å². The molecule has 2 amide bonds. The van der Waals surface area contributed by atoms with Gasteiger partial charge in [-0.2, -0.15) is 0 Å². The van der Waals surface area contributed by atoms with Crippen LogP contribution in [-0.2, 0) is 4.74 Å². The number of rotatable bonds is 8. The lowest BCUT2D eigenvalue weighted by Crippen LogP contribution is -2.31. The molecule has 0 unspecified atom stereocenters. The maximum Gasteiger partial charge on any atom is 0.338 e. The van der Waals surface area contributed by atoms with Crippen LogP contribution >= 0.6 is 0 Å². The molecular weight excluding hydrogens is 279 g/mol. The lowest BCUT2D eigenvalue weighted by atomic mass is 10.2. The van der Waals surface area contributed by atoms with E-state index in [0.29, 0.717) is 19.8 Å². The van der Waals surface area contributed by atoms with Crippen LogP contribution in [0.25, 0.3) is 0 Å². The van der Waals surface area contributed by atoms with E-state index in [1.54, 1.807) is 6.08 Å². The van der Waals surface area contributed by atoms with Crippen molar-refractivity contribution >= 4 is 17.7 Å². The second kappa shape index (κ2) is 8.70. The number of carbonyl (C=O) groups is 2. The Morgan fingerprint density at radius 1 is 1.38 bits per heavy atom. The van der Waals surface area contributed by atoms with Crippen molar-refractivity contribution in [1.29, 1.82) is 0 Å². The maximum absolute atomic E-state index is 13.4. The number of aromatic carboxylic acids is 1. The lowest BCUT2D eigenvalue weighted by Gasteiger charge is -2.08. The number of anilines is 1. The summed E-state index contributed by atoms with van der Waals surface area (Å²) in [7, 11) is 0. The normalized spacial score (nSPS) is 9.95. The Morgan fingerprint density at radius 3 is 2.76 bits per heavy atom. The maximum atomic E-state index is 13.4. The van der Waals surface area contributed by atoms with E-state index in [2.05, 4.69) is 17.2 Å². The van der Waals surface area contributed by atoms with Crippen LogP contribution in [0.3, 0.4) is 0 Å². The van der Waals surface area contributed by atoms with Gasteiger partial charge in [0.25, 0.3) is 0 Å². The number of ether oxygens (including phenoxy) is 1. The molecule has 0 heterocycles. The van der Waals surface area contributed by atoms with E-state index >= 15 is 0 Å². The molecule has 0 spiro atoms. The summed E-state index contributed by atoms with van der Waals surface area (Å²) in [4.78, 5) is 22.1. The van der Waals surface area contributed by atoms with E-state index in [1.807, 2.05) is 0 Å². The first kappa shape index (κ1) is 16.6. The Morgan fingerprint density at radius 2 is 2.14 bits per heavy atom. The van der Waals surface area contributed by atoms with Crippen molar-refractivity contribution in [1.82, 2.24) is 5.32 Å². The van der Waals surface area contributed by atoms with Crippen molar-refractivity contribution in [3.8, 4) is 0 Å². The summed E-state index contributed by atoms with van der Waals surface area (Å²) in [6.45, 7) is 4.75. The third kappa shape index (κ3) is 6.05. The van der Waals surface area contributed by atoms with E-state index in [1.165, 1.54) is 6.07 Å². The molecule has 0 aliphatic rings. The third-order valence-corrected chi connectivity index (χ3v) is 2.46. The predicted octanol–water partition coefficient (Wildman–Crippen LogP) is 2.24. The van der Waals surface area contributed by atoms with Gasteiger partial charge in [0.15, 0.2) is 0 Å². The van der Waals surface area contributed by atoms with E-state index in [4.69, 9.17) is 9.84 Å². The molecule has 0 radical (unpaired) electrons. The highest BCUT2D eigenvalue weighted by atomic mass is 19.1. The van der Waals surface area contributed by atoms with Gasteiger partial charge in [0.1, 0.15) is 5.82 Å². The third-order valence-electron chi connectivity index (χ3n) is 2.46. The van der Waals surface area contributed by atoms with Crippen molar-refractivity contribution in [3.63, 3.8) is 0 Å². The number of amides is 2. The number of urea groups is 1. The Hall–Kier alpha value is -2.41. The molecular formula is C14H17FN2O4. The van der Waals surface area contributed by atoms with Crippen molar-refractivity contribution < 1.29 is 23.8 Å². The number of benzene rings is 1. The Kier molecular flexibility index (Phi) is 6.90. The quantitative estimate of drug-likeness (QED) is 0.507. The predicted molar refractivity (Wildman–Crippen MR) is 76.0 cm³/mol. The minimum atomic E-state index is -1.36. The second-order valence-corrected chi connectivity index (χ2v) is 4.07. The van der Waals surface area contributed by atoms with Crippen molar-refractivity contribution in [2.45, 2.75) is 6.42 Å². The molecule has 3 N–H and O–H groups in total. The van der Waals surface area contributed by atoms with Gasteiger partial charge >= 0.3 is 12.0 Å². The number of hydrogen-bond donors (Lipinski definition) is 3. The summed E-state index contributed by atoms with van der Waals surface area (Å²) < 4.78 is 18.6. The highest BCUT2D eigenvalue weighted by Gasteiger charge is 2.11. The number of halogens is 1. The van der Waals surface area contributed by atoms with Crippen LogP contribution in [0.5, 0.6) is 0 Å². The topological polar surface area (TPSA) is 87.7 Å². The fourth-order valence-corrected chi connectivity index (χ4v) is 1.45. The van der Waals surface area contributed by atoms with Gasteiger partial charge in [0.05, 0.1) is 18.8 Å². The number of carbonyl (C=O) groups excluding carboxylic acids is 1. The van der Waals surface area contributed by atoms with Gasteiger partial charge in [-0.05, 0) is 24.6 Å². The van der Waals surface area contributed by atoms with E-state index < -0.39 is 23.4 Å². The van der Waals surface area contributed by atoms with Gasteiger partial charge in [0.2, 0.25) is 0 Å². The van der Waals surface area contributed by atoms with Crippen LogP contribution in [0.1, 0.15) is 16.8 Å². The summed E-state index contributed by atoms with van der Waals surface area (Å²) in [6, 6.07) is 2.83. The van der Waals surface area contributed by atoms with Crippen molar-refractivity contribution in [2.75, 3.05) is 25.1 Å². The van der Waals surface area contributed by atoms with Gasteiger partial charge in [-0.3, -0.25) is 0 Å². The molecule has 0 bridgehead atoms. The summed E-state index contributed by atoms with van der Waals surface area (Å²) in [6.07, 6.45) is 2.47. The van der Waals surface area contributed by atoms with E-state index in [-0.39, 0.29) is 5.69 Å². The lowest BCUT2D eigenvalue weighted by molar-refractivity contribution is 0.0692. The average molecular weight is 296 g/mol. The molecule has 0 aliphatic heterocycles. The molecule has 0 atom stereocenters. The zero-order valence-corrected chi connectivity index (χ0v) is 11.4. The summed E-state index contributed by atoms with van der Waals surface area (Å²) in [5.41, 5.74) is -0.279. The SMILES string of the molecule is C=CCCOCCNC(=O)Nc1ccc(C(=O)O)c(F)c1. The Labute approximate surface area is 121 Å². The van der Waals surface area contributed by atoms with Crippen LogP contribution in [0, 0.1) is 5.82 Å². The molecule has 0 saturated carbocycles. The molecule has 0 aromatic heterocycles. The molecule has 1 aromatic carbocycles. The highest BCUT2D eigenvalue weighted by Crippen LogP contribution is 2.14. The molecule has 1 rings (SSSR count). The molecule has 21 heavy (non-hydrogen) atoms. The van der Waals surface area contributed by atoms with Gasteiger partial charge in [-0.15, -0.1) is 6.58 Å². The Bertz CT molecular complexity index is 520. The summed E-state index contributed by atoms with van der Waals surface area (Å²) >= 11 is 0. The van der Waals surface area contributed by atoms with E-state index in [0.717, 1.165) is 18.6 Å². The molecule has 114 valence electrons. The standard InChI is InChI=1S/C14H17FN2O4/c1-2-3-7-21-8-6-16-14(20)17-10-4-5-11(13(18)19)12(15)9-10/h2,4-5,9H,1,3,6-8H2,(H,18,19)(H2,16,17,20). The largest absolute Gasteiger partial charge is 0.478 e. The number of carboxylic acids is 1. The van der Waals surface area contributed by atoms with Gasteiger partial charge in [0, 0.05) is 12.2 Å². The molecule has 0 fully saturated rings. The minimum absolute atomic E-state index is 0.169. The van der Waals surface area contributed by atoms with Crippen molar-refractivity contribution in [3.05, 3.63) is 42.2 Å². The number of nitrogens with one attached hydrogen (secondary N) is 2. The van der Waals surface area contributed by atoms with E-state index in [9.17, 15) is 14.0 Å². The molecule has 0 saturated heterocycles. The fraction of sp³-hybridized carbons (Fsp3) is 0.286. The molecule has 1 aromatic rings. The summed E-state index contributed by atoms with van der Waals surface area (Å²) in [5, 5.41) is 13.6. The zero-order chi connectivity index (χ0) is 15.7. The van der Waals surface area contributed by atoms with Gasteiger partial charge in [-0.25, -0.2) is 14.0 Å². The first-order valence-electron chi connectivity index (χ1n) is 6.31. The smallest absolute Gasteiger partial charge is 0.338 e. The van der Waals surface area contributed by atoms with Crippen LogP contribution < -0.4 is 10.6 Å². The fourth-order valence-electron chi connectivity index (χ4n) is 1.45. The van der Waals surface area contributed by atoms with Gasteiger partial charge in [-0.1, -0.05) is 6.08 Å². The van der Waals surface area contributed by atoms with Crippen LogP contribution in [-0.4, -0.2) is 36.9 Å².